The quantitative estimate of drug-likeness (QED) is 0.464. The summed E-state index contributed by atoms with van der Waals surface area (Å²) in [7, 11) is 0. The third-order valence-electron chi connectivity index (χ3n) is 3.99. The molecule has 6 heteroatoms. The lowest BCUT2D eigenvalue weighted by molar-refractivity contribution is -0.141. The standard InChI is InChI=1S/C20H13F3N2O/c21-20(22,23)19-13-17(25(24-19)16-5-2-1-3-6-16)14-8-10-15(11-9-14)18-7-4-12-26-18/h1-13H. The van der Waals surface area contributed by atoms with E-state index in [1.165, 1.54) is 4.68 Å². The van der Waals surface area contributed by atoms with Crippen molar-refractivity contribution in [3.63, 3.8) is 0 Å². The van der Waals surface area contributed by atoms with Crippen molar-refractivity contribution >= 4 is 0 Å². The van der Waals surface area contributed by atoms with E-state index in [0.29, 0.717) is 22.7 Å². The predicted octanol–water partition coefficient (Wildman–Crippen LogP) is 5.82. The van der Waals surface area contributed by atoms with E-state index in [4.69, 9.17) is 4.42 Å². The molecular formula is C20H13F3N2O. The largest absolute Gasteiger partial charge is 0.464 e. The second-order valence-electron chi connectivity index (χ2n) is 5.71. The van der Waals surface area contributed by atoms with Gasteiger partial charge in [-0.1, -0.05) is 42.5 Å². The molecule has 0 atom stereocenters. The average molecular weight is 354 g/mol. The maximum absolute atomic E-state index is 13.2. The molecule has 0 saturated heterocycles. The number of halogens is 3. The summed E-state index contributed by atoms with van der Waals surface area (Å²) in [6.45, 7) is 0. The van der Waals surface area contributed by atoms with Crippen LogP contribution in [-0.2, 0) is 6.18 Å². The van der Waals surface area contributed by atoms with Crippen molar-refractivity contribution in [2.45, 2.75) is 6.18 Å². The monoisotopic (exact) mass is 354 g/mol. The Balaban J connectivity index is 1.81. The highest BCUT2D eigenvalue weighted by atomic mass is 19.4. The van der Waals surface area contributed by atoms with Gasteiger partial charge < -0.3 is 4.42 Å². The first-order chi connectivity index (χ1) is 12.5. The van der Waals surface area contributed by atoms with Crippen LogP contribution in [0.5, 0.6) is 0 Å². The molecule has 0 spiro atoms. The molecule has 0 unspecified atom stereocenters. The second kappa shape index (κ2) is 6.22. The van der Waals surface area contributed by atoms with Crippen molar-refractivity contribution in [2.24, 2.45) is 0 Å². The first kappa shape index (κ1) is 16.2. The number of rotatable bonds is 3. The highest BCUT2D eigenvalue weighted by Gasteiger charge is 2.35. The summed E-state index contributed by atoms with van der Waals surface area (Å²) in [5.74, 6) is 0.698. The lowest BCUT2D eigenvalue weighted by Crippen LogP contribution is -2.07. The molecule has 2 aromatic heterocycles. The molecule has 0 saturated carbocycles. The number of para-hydroxylation sites is 1. The van der Waals surface area contributed by atoms with E-state index in [9.17, 15) is 13.2 Å². The van der Waals surface area contributed by atoms with Crippen molar-refractivity contribution in [1.82, 2.24) is 9.78 Å². The second-order valence-corrected chi connectivity index (χ2v) is 5.71. The van der Waals surface area contributed by atoms with Crippen molar-refractivity contribution in [3.8, 4) is 28.3 Å². The van der Waals surface area contributed by atoms with E-state index in [1.807, 2.05) is 18.2 Å². The molecule has 4 rings (SSSR count). The Kier molecular flexibility index (Phi) is 3.88. The van der Waals surface area contributed by atoms with Crippen LogP contribution in [0.4, 0.5) is 13.2 Å². The first-order valence-electron chi connectivity index (χ1n) is 7.89. The van der Waals surface area contributed by atoms with Crippen LogP contribution in [0.1, 0.15) is 5.69 Å². The van der Waals surface area contributed by atoms with Gasteiger partial charge in [0.15, 0.2) is 5.69 Å². The Morgan fingerprint density at radius 1 is 0.808 bits per heavy atom. The van der Waals surface area contributed by atoms with E-state index in [2.05, 4.69) is 5.10 Å². The van der Waals surface area contributed by atoms with Gasteiger partial charge in [-0.05, 0) is 30.3 Å². The molecule has 0 aliphatic heterocycles. The summed E-state index contributed by atoms with van der Waals surface area (Å²) >= 11 is 0. The van der Waals surface area contributed by atoms with Crippen molar-refractivity contribution in [3.05, 3.63) is 84.8 Å². The van der Waals surface area contributed by atoms with Gasteiger partial charge in [-0.3, -0.25) is 0 Å². The van der Waals surface area contributed by atoms with Crippen LogP contribution >= 0.6 is 0 Å². The van der Waals surface area contributed by atoms with E-state index in [0.717, 1.165) is 11.6 Å². The normalized spacial score (nSPS) is 11.7. The lowest BCUT2D eigenvalue weighted by atomic mass is 10.1. The number of nitrogens with zero attached hydrogens (tertiary/aromatic N) is 2. The third kappa shape index (κ3) is 3.01. The Morgan fingerprint density at radius 2 is 1.50 bits per heavy atom. The number of furan rings is 1. The predicted molar refractivity (Wildman–Crippen MR) is 91.7 cm³/mol. The van der Waals surface area contributed by atoms with Crippen LogP contribution in [0.3, 0.4) is 0 Å². The van der Waals surface area contributed by atoms with Gasteiger partial charge in [0.2, 0.25) is 0 Å². The molecule has 130 valence electrons. The Bertz CT molecular complexity index is 1000. The van der Waals surface area contributed by atoms with Gasteiger partial charge in [0.1, 0.15) is 5.76 Å². The Hall–Kier alpha value is -3.28. The molecular weight excluding hydrogens is 341 g/mol. The van der Waals surface area contributed by atoms with Crippen LogP contribution in [0.25, 0.3) is 28.3 Å². The summed E-state index contributed by atoms with van der Waals surface area (Å²) in [4.78, 5) is 0. The van der Waals surface area contributed by atoms with Gasteiger partial charge in [0.25, 0.3) is 0 Å². The van der Waals surface area contributed by atoms with Crippen molar-refractivity contribution in [2.75, 3.05) is 0 Å². The minimum atomic E-state index is -4.51. The molecule has 0 amide bonds. The van der Waals surface area contributed by atoms with Crippen molar-refractivity contribution in [1.29, 1.82) is 0 Å². The molecule has 4 aromatic rings. The zero-order chi connectivity index (χ0) is 18.1. The maximum atomic E-state index is 13.2. The fourth-order valence-electron chi connectivity index (χ4n) is 2.74. The zero-order valence-corrected chi connectivity index (χ0v) is 13.4. The average Bonchev–Trinajstić information content (AvgIpc) is 3.32. The van der Waals surface area contributed by atoms with Gasteiger partial charge in [-0.25, -0.2) is 4.68 Å². The smallest absolute Gasteiger partial charge is 0.435 e. The number of aromatic nitrogens is 2. The van der Waals surface area contributed by atoms with Crippen LogP contribution in [-0.4, -0.2) is 9.78 Å². The maximum Gasteiger partial charge on any atom is 0.435 e. The van der Waals surface area contributed by atoms with E-state index < -0.39 is 11.9 Å². The van der Waals surface area contributed by atoms with Crippen LogP contribution in [0.2, 0.25) is 0 Å². The minimum absolute atomic E-state index is 0.370. The summed E-state index contributed by atoms with van der Waals surface area (Å²) in [5.41, 5.74) is 1.49. The van der Waals surface area contributed by atoms with E-state index in [1.54, 1.807) is 54.8 Å². The Labute approximate surface area is 147 Å². The molecule has 26 heavy (non-hydrogen) atoms. The fourth-order valence-corrected chi connectivity index (χ4v) is 2.74. The molecule has 0 radical (unpaired) electrons. The number of benzene rings is 2. The fraction of sp³-hybridized carbons (Fsp3) is 0.0500. The lowest BCUT2D eigenvalue weighted by Gasteiger charge is -2.08. The molecule has 0 N–H and O–H groups in total. The van der Waals surface area contributed by atoms with Gasteiger partial charge in [-0.15, -0.1) is 0 Å². The summed E-state index contributed by atoms with van der Waals surface area (Å²) in [6.07, 6.45) is -2.94. The summed E-state index contributed by atoms with van der Waals surface area (Å²) in [6, 6.07) is 20.6. The molecule has 0 fully saturated rings. The van der Waals surface area contributed by atoms with Crippen LogP contribution < -0.4 is 0 Å². The van der Waals surface area contributed by atoms with Gasteiger partial charge >= 0.3 is 6.18 Å². The van der Waals surface area contributed by atoms with Crippen LogP contribution in [0, 0.1) is 0 Å². The topological polar surface area (TPSA) is 31.0 Å². The van der Waals surface area contributed by atoms with E-state index in [-0.39, 0.29) is 0 Å². The van der Waals surface area contributed by atoms with Crippen LogP contribution in [0.15, 0.2) is 83.5 Å². The van der Waals surface area contributed by atoms with Gasteiger partial charge in [-0.2, -0.15) is 18.3 Å². The zero-order valence-electron chi connectivity index (χ0n) is 13.4. The first-order valence-corrected chi connectivity index (χ1v) is 7.89. The van der Waals surface area contributed by atoms with Gasteiger partial charge in [0, 0.05) is 11.1 Å². The molecule has 0 bridgehead atoms. The third-order valence-corrected chi connectivity index (χ3v) is 3.99. The summed E-state index contributed by atoms with van der Waals surface area (Å²) in [5, 5.41) is 3.77. The molecule has 2 aromatic carbocycles. The molecule has 3 nitrogen and oxygen atoms in total. The van der Waals surface area contributed by atoms with E-state index >= 15 is 0 Å². The highest BCUT2D eigenvalue weighted by molar-refractivity contribution is 5.68. The Morgan fingerprint density at radius 3 is 2.12 bits per heavy atom. The molecule has 0 aliphatic carbocycles. The SMILES string of the molecule is FC(F)(F)c1cc(-c2ccc(-c3ccco3)cc2)n(-c2ccccc2)n1. The minimum Gasteiger partial charge on any atom is -0.464 e. The number of hydrogen-bond donors (Lipinski definition) is 0. The number of hydrogen-bond acceptors (Lipinski definition) is 2. The summed E-state index contributed by atoms with van der Waals surface area (Å²) < 4.78 is 46.2. The van der Waals surface area contributed by atoms with Gasteiger partial charge in [0.05, 0.1) is 17.6 Å². The highest BCUT2D eigenvalue weighted by Crippen LogP contribution is 2.34. The molecule has 2 heterocycles. The van der Waals surface area contributed by atoms with Crippen molar-refractivity contribution < 1.29 is 17.6 Å². The number of alkyl halides is 3. The molecule has 0 aliphatic rings.